The second kappa shape index (κ2) is 11.3. The molecule has 0 spiro atoms. The molecule has 0 bridgehead atoms. The summed E-state index contributed by atoms with van der Waals surface area (Å²) in [7, 11) is 0. The van der Waals surface area contributed by atoms with Gasteiger partial charge in [-0.25, -0.2) is 4.98 Å². The largest absolute Gasteiger partial charge is 0.309 e. The van der Waals surface area contributed by atoms with Gasteiger partial charge in [0, 0.05) is 54.6 Å². The van der Waals surface area contributed by atoms with Crippen molar-refractivity contribution in [1.29, 1.82) is 0 Å². The van der Waals surface area contributed by atoms with Gasteiger partial charge in [-0.05, 0) is 65.7 Å². The molecule has 0 amide bonds. The third-order valence-corrected chi connectivity index (χ3v) is 10.7. The molecule has 0 radical (unpaired) electrons. The van der Waals surface area contributed by atoms with Crippen LogP contribution in [0.25, 0.3) is 99.0 Å². The van der Waals surface area contributed by atoms with Crippen molar-refractivity contribution in [3.63, 3.8) is 0 Å². The lowest BCUT2D eigenvalue weighted by molar-refractivity contribution is 1.18. The molecule has 0 aliphatic carbocycles. The number of para-hydroxylation sites is 5. The Bertz CT molecular complexity index is 3100. The van der Waals surface area contributed by atoms with Crippen molar-refractivity contribution in [2.45, 2.75) is 0 Å². The molecular formula is C49H31N3. The van der Waals surface area contributed by atoms with Gasteiger partial charge in [-0.2, -0.15) is 0 Å². The number of rotatable bonds is 4. The monoisotopic (exact) mass is 661 g/mol. The Morgan fingerprint density at radius 1 is 0.288 bits per heavy atom. The Labute approximate surface area is 300 Å². The van der Waals surface area contributed by atoms with Crippen LogP contribution in [0.5, 0.6) is 0 Å². The molecule has 0 fully saturated rings. The topological polar surface area (TPSA) is 22.8 Å². The van der Waals surface area contributed by atoms with Gasteiger partial charge in [-0.1, -0.05) is 133 Å². The lowest BCUT2D eigenvalue weighted by Crippen LogP contribution is -1.94. The van der Waals surface area contributed by atoms with E-state index in [2.05, 4.69) is 197 Å². The molecule has 242 valence electrons. The quantitative estimate of drug-likeness (QED) is 0.172. The summed E-state index contributed by atoms with van der Waals surface area (Å²) in [5, 5.41) is 8.62. The predicted molar refractivity (Wildman–Crippen MR) is 219 cm³/mol. The van der Waals surface area contributed by atoms with E-state index in [1.807, 2.05) is 0 Å². The molecule has 0 saturated carbocycles. The van der Waals surface area contributed by atoms with Gasteiger partial charge in [-0.3, -0.25) is 0 Å². The van der Waals surface area contributed by atoms with E-state index in [0.717, 1.165) is 33.5 Å². The molecule has 0 atom stereocenters. The first-order chi connectivity index (χ1) is 25.8. The highest BCUT2D eigenvalue weighted by atomic mass is 15.0. The van der Waals surface area contributed by atoms with E-state index in [4.69, 9.17) is 4.98 Å². The zero-order valence-electron chi connectivity index (χ0n) is 28.2. The van der Waals surface area contributed by atoms with Crippen molar-refractivity contribution in [3.8, 4) is 33.8 Å². The smallest absolute Gasteiger partial charge is 0.0788 e. The van der Waals surface area contributed by atoms with E-state index in [9.17, 15) is 0 Å². The van der Waals surface area contributed by atoms with Crippen molar-refractivity contribution in [3.05, 3.63) is 188 Å². The van der Waals surface area contributed by atoms with Gasteiger partial charge in [0.2, 0.25) is 0 Å². The van der Waals surface area contributed by atoms with Crippen molar-refractivity contribution >= 4 is 65.3 Å². The summed E-state index contributed by atoms with van der Waals surface area (Å²) in [6.07, 6.45) is 0. The number of nitrogens with zero attached hydrogens (tertiary/aromatic N) is 3. The SMILES string of the molecule is c1ccc(-n2c3ccccc3c3c4c(ccc32)c(-c2ccc(-c3ccc(-n5c6ccccc6c6ccccc65)cc3)cc2)nc2ccccc24)cc1. The van der Waals surface area contributed by atoms with Crippen molar-refractivity contribution < 1.29 is 0 Å². The number of benzene rings is 8. The van der Waals surface area contributed by atoms with E-state index < -0.39 is 0 Å². The minimum atomic E-state index is 0.999. The Morgan fingerprint density at radius 2 is 0.769 bits per heavy atom. The highest BCUT2D eigenvalue weighted by Gasteiger charge is 2.19. The van der Waals surface area contributed by atoms with Crippen LogP contribution in [0.15, 0.2) is 188 Å². The van der Waals surface area contributed by atoms with Crippen molar-refractivity contribution in [1.82, 2.24) is 14.1 Å². The van der Waals surface area contributed by atoms with Crippen LogP contribution in [0.3, 0.4) is 0 Å². The fourth-order valence-electron chi connectivity index (χ4n) is 8.40. The third-order valence-electron chi connectivity index (χ3n) is 10.7. The maximum atomic E-state index is 5.31. The summed E-state index contributed by atoms with van der Waals surface area (Å²) in [6.45, 7) is 0. The summed E-state index contributed by atoms with van der Waals surface area (Å²) in [4.78, 5) is 5.31. The predicted octanol–water partition coefficient (Wildman–Crippen LogP) is 12.9. The molecule has 52 heavy (non-hydrogen) atoms. The number of aromatic nitrogens is 3. The molecule has 3 heterocycles. The van der Waals surface area contributed by atoms with E-state index >= 15 is 0 Å². The molecule has 0 N–H and O–H groups in total. The highest BCUT2D eigenvalue weighted by Crippen LogP contribution is 2.42. The first-order valence-corrected chi connectivity index (χ1v) is 17.8. The van der Waals surface area contributed by atoms with E-state index in [1.165, 1.54) is 65.5 Å². The van der Waals surface area contributed by atoms with Gasteiger partial charge < -0.3 is 9.13 Å². The molecule has 0 aliphatic rings. The van der Waals surface area contributed by atoms with Crippen molar-refractivity contribution in [2.75, 3.05) is 0 Å². The highest BCUT2D eigenvalue weighted by molar-refractivity contribution is 6.29. The second-order valence-electron chi connectivity index (χ2n) is 13.5. The van der Waals surface area contributed by atoms with E-state index in [0.29, 0.717) is 0 Å². The van der Waals surface area contributed by atoms with Gasteiger partial charge in [-0.15, -0.1) is 0 Å². The summed E-state index contributed by atoms with van der Waals surface area (Å²) >= 11 is 0. The summed E-state index contributed by atoms with van der Waals surface area (Å²) in [6, 6.07) is 67.7. The Hall–Kier alpha value is -6.97. The Kier molecular flexibility index (Phi) is 6.25. The second-order valence-corrected chi connectivity index (χ2v) is 13.5. The van der Waals surface area contributed by atoms with Crippen LogP contribution in [-0.4, -0.2) is 14.1 Å². The van der Waals surface area contributed by atoms with Crippen LogP contribution >= 0.6 is 0 Å². The summed E-state index contributed by atoms with van der Waals surface area (Å²) in [5.74, 6) is 0. The van der Waals surface area contributed by atoms with E-state index in [-0.39, 0.29) is 0 Å². The number of pyridine rings is 1. The molecular weight excluding hydrogens is 631 g/mol. The normalized spacial score (nSPS) is 11.8. The minimum absolute atomic E-state index is 0.999. The molecule has 11 aromatic rings. The Balaban J connectivity index is 1.05. The van der Waals surface area contributed by atoms with Gasteiger partial charge in [0.25, 0.3) is 0 Å². The van der Waals surface area contributed by atoms with Gasteiger partial charge >= 0.3 is 0 Å². The minimum Gasteiger partial charge on any atom is -0.309 e. The maximum absolute atomic E-state index is 5.31. The molecule has 11 rings (SSSR count). The first-order valence-electron chi connectivity index (χ1n) is 17.8. The van der Waals surface area contributed by atoms with Crippen molar-refractivity contribution in [2.24, 2.45) is 0 Å². The number of hydrogen-bond acceptors (Lipinski definition) is 1. The standard InChI is InChI=1S/C49H31N3/c1-2-12-35(13-3-1)52-45-21-11-7-17-40(45)48-46(52)31-30-41-47(48)39-16-4-8-18-42(39)50-49(41)34-24-22-32(23-25-34)33-26-28-36(29-27-33)51-43-19-9-5-14-37(43)38-15-6-10-20-44(38)51/h1-31H. The summed E-state index contributed by atoms with van der Waals surface area (Å²) < 4.78 is 4.75. The van der Waals surface area contributed by atoms with Gasteiger partial charge in [0.05, 0.1) is 33.3 Å². The molecule has 0 unspecified atom stereocenters. The van der Waals surface area contributed by atoms with Gasteiger partial charge in [0.1, 0.15) is 0 Å². The molecule has 0 aliphatic heterocycles. The fourth-order valence-corrected chi connectivity index (χ4v) is 8.40. The fraction of sp³-hybridized carbons (Fsp3) is 0. The zero-order valence-corrected chi connectivity index (χ0v) is 28.2. The van der Waals surface area contributed by atoms with Crippen LogP contribution < -0.4 is 0 Å². The van der Waals surface area contributed by atoms with E-state index in [1.54, 1.807) is 0 Å². The van der Waals surface area contributed by atoms with Crippen LogP contribution in [0.2, 0.25) is 0 Å². The molecule has 3 aromatic heterocycles. The van der Waals surface area contributed by atoms with Crippen LogP contribution in [0, 0.1) is 0 Å². The average Bonchev–Trinajstić information content (AvgIpc) is 3.74. The molecule has 0 saturated heterocycles. The number of hydrogen-bond donors (Lipinski definition) is 0. The maximum Gasteiger partial charge on any atom is 0.0788 e. The molecule has 3 heteroatoms. The zero-order chi connectivity index (χ0) is 34.2. The Morgan fingerprint density at radius 3 is 1.44 bits per heavy atom. The molecule has 8 aromatic carbocycles. The van der Waals surface area contributed by atoms with Crippen LogP contribution in [0.4, 0.5) is 0 Å². The van der Waals surface area contributed by atoms with Gasteiger partial charge in [0.15, 0.2) is 0 Å². The van der Waals surface area contributed by atoms with Crippen LogP contribution in [-0.2, 0) is 0 Å². The van der Waals surface area contributed by atoms with Crippen LogP contribution in [0.1, 0.15) is 0 Å². The average molecular weight is 662 g/mol. The third kappa shape index (κ3) is 4.23. The number of fused-ring (bicyclic) bond motifs is 10. The first kappa shape index (κ1) is 28.8. The lowest BCUT2D eigenvalue weighted by Gasteiger charge is -2.13. The summed E-state index contributed by atoms with van der Waals surface area (Å²) in [5.41, 5.74) is 12.6. The lowest BCUT2D eigenvalue weighted by atomic mass is 9.95. The molecule has 3 nitrogen and oxygen atoms in total.